The van der Waals surface area contributed by atoms with Crippen molar-refractivity contribution in [3.05, 3.63) is 34.6 Å². The zero-order valence-corrected chi connectivity index (χ0v) is 10.7. The number of nitrogens with zero attached hydrogens (tertiary/aromatic N) is 3. The summed E-state index contributed by atoms with van der Waals surface area (Å²) in [7, 11) is 0. The molecule has 9 heteroatoms. The Morgan fingerprint density at radius 2 is 2.14 bits per heavy atom. The van der Waals surface area contributed by atoms with Crippen molar-refractivity contribution in [3.8, 4) is 0 Å². The molecule has 0 unspecified atom stereocenters. The van der Waals surface area contributed by atoms with Crippen LogP contribution < -0.4 is 0 Å². The molecule has 1 aromatic carbocycles. The van der Waals surface area contributed by atoms with E-state index < -0.39 is 36.1 Å². The summed E-state index contributed by atoms with van der Waals surface area (Å²) in [6.45, 7) is -0.443. The molecular formula is C12H13N3O6. The van der Waals surface area contributed by atoms with Crippen molar-refractivity contribution in [1.29, 1.82) is 0 Å². The first-order valence-electron chi connectivity index (χ1n) is 6.27. The minimum Gasteiger partial charge on any atom is -0.394 e. The molecule has 0 saturated carbocycles. The lowest BCUT2D eigenvalue weighted by Crippen LogP contribution is -2.33. The summed E-state index contributed by atoms with van der Waals surface area (Å²) in [6.07, 6.45) is -3.09. The monoisotopic (exact) mass is 295 g/mol. The van der Waals surface area contributed by atoms with Crippen LogP contribution in [0.25, 0.3) is 11.0 Å². The fraction of sp³-hybridized carbons (Fsp3) is 0.417. The first-order chi connectivity index (χ1) is 10.0. The third-order valence-electron chi connectivity index (χ3n) is 3.57. The van der Waals surface area contributed by atoms with Gasteiger partial charge in [0.25, 0.3) is 5.69 Å². The Balaban J connectivity index is 2.06. The van der Waals surface area contributed by atoms with Crippen molar-refractivity contribution in [2.45, 2.75) is 24.5 Å². The van der Waals surface area contributed by atoms with Crippen LogP contribution in [0.4, 0.5) is 5.69 Å². The highest BCUT2D eigenvalue weighted by molar-refractivity contribution is 5.84. The molecular weight excluding hydrogens is 282 g/mol. The minimum absolute atomic E-state index is 0.155. The van der Waals surface area contributed by atoms with E-state index >= 15 is 0 Å². The van der Waals surface area contributed by atoms with Gasteiger partial charge in [-0.1, -0.05) is 6.07 Å². The summed E-state index contributed by atoms with van der Waals surface area (Å²) >= 11 is 0. The summed E-state index contributed by atoms with van der Waals surface area (Å²) < 4.78 is 6.80. The fourth-order valence-electron chi connectivity index (χ4n) is 2.50. The molecule has 0 radical (unpaired) electrons. The van der Waals surface area contributed by atoms with Gasteiger partial charge in [0.2, 0.25) is 0 Å². The summed E-state index contributed by atoms with van der Waals surface area (Å²) in [4.78, 5) is 14.4. The number of imidazole rings is 1. The van der Waals surface area contributed by atoms with E-state index in [1.54, 1.807) is 6.07 Å². The Kier molecular flexibility index (Phi) is 3.33. The lowest BCUT2D eigenvalue weighted by molar-refractivity contribution is -0.383. The summed E-state index contributed by atoms with van der Waals surface area (Å²) in [5, 5.41) is 39.8. The Labute approximate surface area is 118 Å². The maximum absolute atomic E-state index is 11.0. The molecule has 112 valence electrons. The summed E-state index contributed by atoms with van der Waals surface area (Å²) in [6, 6.07) is 4.43. The molecule has 0 spiro atoms. The van der Waals surface area contributed by atoms with Gasteiger partial charge in [0.1, 0.15) is 18.3 Å². The van der Waals surface area contributed by atoms with Gasteiger partial charge in [-0.2, -0.15) is 0 Å². The number of nitro benzene ring substituents is 1. The van der Waals surface area contributed by atoms with Crippen LogP contribution in [0.2, 0.25) is 0 Å². The molecule has 2 aromatic rings. The molecule has 1 fully saturated rings. The highest BCUT2D eigenvalue weighted by Gasteiger charge is 2.43. The Morgan fingerprint density at radius 3 is 2.76 bits per heavy atom. The number of nitro groups is 1. The van der Waals surface area contributed by atoms with Crippen LogP contribution in [-0.2, 0) is 4.74 Å². The standard InChI is InChI=1S/C12H13N3O6/c16-4-8-10(17)11(18)12(21-8)14-5-13-9-6(14)2-1-3-7(9)15(19)20/h1-3,5,8,10-12,16-18H,4H2/t8-,10-,11+,12-/m1/s1. The van der Waals surface area contributed by atoms with Gasteiger partial charge in [0, 0.05) is 6.07 Å². The predicted octanol–water partition coefficient (Wildman–Crippen LogP) is -0.444. The molecule has 9 nitrogen and oxygen atoms in total. The van der Waals surface area contributed by atoms with E-state index in [1.165, 1.54) is 23.0 Å². The molecule has 0 aliphatic carbocycles. The molecule has 0 bridgehead atoms. The second-order valence-electron chi connectivity index (χ2n) is 4.78. The number of aliphatic hydroxyl groups excluding tert-OH is 3. The first-order valence-corrected chi connectivity index (χ1v) is 6.27. The number of hydrogen-bond donors (Lipinski definition) is 3. The number of hydrogen-bond acceptors (Lipinski definition) is 7. The molecule has 1 saturated heterocycles. The third-order valence-corrected chi connectivity index (χ3v) is 3.57. The van der Waals surface area contributed by atoms with Gasteiger partial charge in [-0.15, -0.1) is 0 Å². The number of aromatic nitrogens is 2. The van der Waals surface area contributed by atoms with Gasteiger partial charge in [-0.05, 0) is 6.07 Å². The van der Waals surface area contributed by atoms with E-state index in [9.17, 15) is 20.3 Å². The van der Waals surface area contributed by atoms with Crippen molar-refractivity contribution in [3.63, 3.8) is 0 Å². The fourth-order valence-corrected chi connectivity index (χ4v) is 2.50. The molecule has 4 atom stereocenters. The van der Waals surface area contributed by atoms with E-state index in [1.807, 2.05) is 0 Å². The Bertz CT molecular complexity index is 687. The largest absolute Gasteiger partial charge is 0.394 e. The summed E-state index contributed by atoms with van der Waals surface area (Å²) in [5.41, 5.74) is 0.414. The van der Waals surface area contributed by atoms with Gasteiger partial charge >= 0.3 is 0 Å². The van der Waals surface area contributed by atoms with E-state index in [2.05, 4.69) is 4.98 Å². The molecule has 21 heavy (non-hydrogen) atoms. The zero-order valence-electron chi connectivity index (χ0n) is 10.7. The van der Waals surface area contributed by atoms with Crippen LogP contribution >= 0.6 is 0 Å². The van der Waals surface area contributed by atoms with E-state index in [4.69, 9.17) is 9.84 Å². The second kappa shape index (κ2) is 5.04. The number of fused-ring (bicyclic) bond motifs is 1. The predicted molar refractivity (Wildman–Crippen MR) is 69.4 cm³/mol. The van der Waals surface area contributed by atoms with Crippen molar-refractivity contribution < 1.29 is 25.0 Å². The SMILES string of the molecule is O=[N+]([O-])c1cccc2c1ncn2[C@@H]1O[C@H](CO)[C@@H](O)[C@@H]1O. The van der Waals surface area contributed by atoms with Crippen LogP contribution in [0, 0.1) is 10.1 Å². The van der Waals surface area contributed by atoms with Gasteiger partial charge in [0.05, 0.1) is 23.4 Å². The average Bonchev–Trinajstić information content (AvgIpc) is 3.01. The third kappa shape index (κ3) is 2.07. The minimum atomic E-state index is -1.26. The van der Waals surface area contributed by atoms with Crippen LogP contribution in [0.5, 0.6) is 0 Å². The number of para-hydroxylation sites is 1. The van der Waals surface area contributed by atoms with Gasteiger partial charge in [0.15, 0.2) is 11.7 Å². The normalized spacial score (nSPS) is 29.1. The lowest BCUT2D eigenvalue weighted by atomic mass is 10.1. The zero-order chi connectivity index (χ0) is 15.1. The number of aliphatic hydroxyl groups is 3. The number of non-ortho nitro benzene ring substituents is 1. The molecule has 2 heterocycles. The van der Waals surface area contributed by atoms with Crippen LogP contribution in [0.3, 0.4) is 0 Å². The Morgan fingerprint density at radius 1 is 1.38 bits per heavy atom. The number of rotatable bonds is 3. The smallest absolute Gasteiger partial charge is 0.297 e. The van der Waals surface area contributed by atoms with Crippen molar-refractivity contribution in [2.75, 3.05) is 6.61 Å². The van der Waals surface area contributed by atoms with Crippen molar-refractivity contribution in [2.24, 2.45) is 0 Å². The highest BCUT2D eigenvalue weighted by Crippen LogP contribution is 2.33. The van der Waals surface area contributed by atoms with E-state index in [0.29, 0.717) is 5.52 Å². The Hall–Kier alpha value is -2.07. The maximum atomic E-state index is 11.0. The van der Waals surface area contributed by atoms with Gasteiger partial charge in [-0.25, -0.2) is 4.98 Å². The van der Waals surface area contributed by atoms with Crippen molar-refractivity contribution in [1.82, 2.24) is 9.55 Å². The summed E-state index contributed by atoms with van der Waals surface area (Å²) in [5.74, 6) is 0. The molecule has 3 rings (SSSR count). The van der Waals surface area contributed by atoms with E-state index in [0.717, 1.165) is 0 Å². The highest BCUT2D eigenvalue weighted by atomic mass is 16.6. The van der Waals surface area contributed by atoms with Crippen LogP contribution in [-0.4, -0.2) is 54.7 Å². The number of benzene rings is 1. The first kappa shape index (κ1) is 13.9. The van der Waals surface area contributed by atoms with Gasteiger partial charge in [-0.3, -0.25) is 10.1 Å². The van der Waals surface area contributed by atoms with Crippen LogP contribution in [0.1, 0.15) is 6.23 Å². The topological polar surface area (TPSA) is 131 Å². The van der Waals surface area contributed by atoms with Crippen molar-refractivity contribution >= 4 is 16.7 Å². The molecule has 1 aliphatic heterocycles. The maximum Gasteiger partial charge on any atom is 0.297 e. The van der Waals surface area contributed by atoms with E-state index in [-0.39, 0.29) is 11.2 Å². The number of ether oxygens (including phenoxy) is 1. The van der Waals surface area contributed by atoms with Crippen LogP contribution in [0.15, 0.2) is 24.5 Å². The second-order valence-corrected chi connectivity index (χ2v) is 4.78. The molecule has 1 aliphatic rings. The molecule has 0 amide bonds. The van der Waals surface area contributed by atoms with Gasteiger partial charge < -0.3 is 24.6 Å². The quantitative estimate of drug-likeness (QED) is 0.516. The molecule has 1 aromatic heterocycles. The average molecular weight is 295 g/mol. The molecule has 3 N–H and O–H groups in total. The lowest BCUT2D eigenvalue weighted by Gasteiger charge is -2.16.